The first kappa shape index (κ1) is 15.1. The molecule has 1 aliphatic rings. The third kappa shape index (κ3) is 2.15. The molecule has 0 aromatic heterocycles. The molecular formula is C15H26O3. The fraction of sp³-hybridized carbons (Fsp3) is 0.800. The highest BCUT2D eigenvalue weighted by atomic mass is 16.5. The second kappa shape index (κ2) is 4.94. The molecule has 104 valence electrons. The minimum absolute atomic E-state index is 0.267. The number of hydrogen-bond donors (Lipinski definition) is 0. The smallest absolute Gasteiger partial charge is 0.337 e. The highest BCUT2D eigenvalue weighted by molar-refractivity contribution is 5.91. The summed E-state index contributed by atoms with van der Waals surface area (Å²) < 4.78 is 11.0. The van der Waals surface area contributed by atoms with Gasteiger partial charge >= 0.3 is 5.97 Å². The minimum atomic E-state index is -0.316. The molecule has 0 radical (unpaired) electrons. The molecule has 0 fully saturated rings. The molecule has 0 aromatic rings. The quantitative estimate of drug-likeness (QED) is 0.718. The molecular weight excluding hydrogens is 228 g/mol. The van der Waals surface area contributed by atoms with Gasteiger partial charge in [0.05, 0.1) is 12.7 Å². The van der Waals surface area contributed by atoms with Gasteiger partial charge in [0.2, 0.25) is 0 Å². The molecule has 18 heavy (non-hydrogen) atoms. The van der Waals surface area contributed by atoms with Gasteiger partial charge in [-0.15, -0.1) is 0 Å². The monoisotopic (exact) mass is 254 g/mol. The number of allylic oxidation sites excluding steroid dienone is 1. The molecule has 0 aliphatic carbocycles. The summed E-state index contributed by atoms with van der Waals surface area (Å²) in [6.07, 6.45) is 1.82. The molecule has 0 spiro atoms. The molecule has 1 heterocycles. The van der Waals surface area contributed by atoms with Crippen LogP contribution < -0.4 is 0 Å². The SMILES string of the molecule is CCC1(CC(C)C)OC(C)=C(C(=O)OC)C1(C)C. The average molecular weight is 254 g/mol. The van der Waals surface area contributed by atoms with Gasteiger partial charge in [-0.1, -0.05) is 34.6 Å². The van der Waals surface area contributed by atoms with Crippen molar-refractivity contribution in [1.82, 2.24) is 0 Å². The summed E-state index contributed by atoms with van der Waals surface area (Å²) in [5.74, 6) is 0.972. The van der Waals surface area contributed by atoms with Crippen LogP contribution in [-0.2, 0) is 14.3 Å². The first-order valence-corrected chi connectivity index (χ1v) is 6.70. The van der Waals surface area contributed by atoms with Crippen LogP contribution in [0, 0.1) is 11.3 Å². The number of ether oxygens (including phenoxy) is 2. The van der Waals surface area contributed by atoms with E-state index in [1.807, 2.05) is 6.92 Å². The van der Waals surface area contributed by atoms with Gasteiger partial charge in [0.15, 0.2) is 0 Å². The Morgan fingerprint density at radius 3 is 2.33 bits per heavy atom. The van der Waals surface area contributed by atoms with E-state index in [4.69, 9.17) is 9.47 Å². The number of carbonyl (C=O) groups excluding carboxylic acids is 1. The van der Waals surface area contributed by atoms with Gasteiger partial charge in [-0.2, -0.15) is 0 Å². The van der Waals surface area contributed by atoms with Crippen molar-refractivity contribution in [2.45, 2.75) is 60.0 Å². The number of hydrogen-bond acceptors (Lipinski definition) is 3. The zero-order valence-electron chi connectivity index (χ0n) is 12.7. The maximum Gasteiger partial charge on any atom is 0.337 e. The van der Waals surface area contributed by atoms with E-state index in [0.29, 0.717) is 17.3 Å². The van der Waals surface area contributed by atoms with E-state index in [9.17, 15) is 4.79 Å². The first-order chi connectivity index (χ1) is 8.21. The second-order valence-electron chi connectivity index (χ2n) is 6.10. The molecule has 0 aromatic carbocycles. The van der Waals surface area contributed by atoms with Crippen molar-refractivity contribution in [2.24, 2.45) is 11.3 Å². The third-order valence-electron chi connectivity index (χ3n) is 4.16. The van der Waals surface area contributed by atoms with Crippen LogP contribution >= 0.6 is 0 Å². The van der Waals surface area contributed by atoms with E-state index in [1.54, 1.807) is 0 Å². The predicted molar refractivity (Wildman–Crippen MR) is 72.1 cm³/mol. The van der Waals surface area contributed by atoms with E-state index in [1.165, 1.54) is 7.11 Å². The molecule has 0 amide bonds. The van der Waals surface area contributed by atoms with Crippen molar-refractivity contribution in [3.63, 3.8) is 0 Å². The van der Waals surface area contributed by atoms with Gasteiger partial charge in [-0.3, -0.25) is 0 Å². The van der Waals surface area contributed by atoms with Crippen LogP contribution in [-0.4, -0.2) is 18.7 Å². The maximum atomic E-state index is 12.0. The molecule has 1 rings (SSSR count). The Morgan fingerprint density at radius 1 is 1.39 bits per heavy atom. The van der Waals surface area contributed by atoms with E-state index < -0.39 is 0 Å². The Hall–Kier alpha value is -0.990. The van der Waals surface area contributed by atoms with Gasteiger partial charge in [0.1, 0.15) is 11.4 Å². The summed E-state index contributed by atoms with van der Waals surface area (Å²) in [7, 11) is 1.42. The van der Waals surface area contributed by atoms with Crippen molar-refractivity contribution in [2.75, 3.05) is 7.11 Å². The lowest BCUT2D eigenvalue weighted by Gasteiger charge is -2.41. The van der Waals surface area contributed by atoms with E-state index >= 15 is 0 Å². The summed E-state index contributed by atoms with van der Waals surface area (Å²) in [6.45, 7) is 12.5. The fourth-order valence-electron chi connectivity index (χ4n) is 3.26. The van der Waals surface area contributed by atoms with Crippen molar-refractivity contribution in [1.29, 1.82) is 0 Å². The zero-order valence-corrected chi connectivity index (χ0v) is 12.7. The van der Waals surface area contributed by atoms with E-state index in [2.05, 4.69) is 34.6 Å². The molecule has 0 saturated carbocycles. The lowest BCUT2D eigenvalue weighted by molar-refractivity contribution is -0.138. The summed E-state index contributed by atoms with van der Waals surface area (Å²) in [6, 6.07) is 0. The Balaban J connectivity index is 3.21. The second-order valence-corrected chi connectivity index (χ2v) is 6.10. The Bertz CT molecular complexity index is 366. The molecule has 1 aliphatic heterocycles. The largest absolute Gasteiger partial charge is 0.490 e. The number of rotatable bonds is 4. The maximum absolute atomic E-state index is 12.0. The molecule has 1 atom stereocenters. The molecule has 1 unspecified atom stereocenters. The van der Waals surface area contributed by atoms with Gasteiger partial charge in [-0.25, -0.2) is 4.79 Å². The van der Waals surface area contributed by atoms with E-state index in [-0.39, 0.29) is 17.0 Å². The highest BCUT2D eigenvalue weighted by Crippen LogP contribution is 2.54. The average Bonchev–Trinajstić information content (AvgIpc) is 2.44. The predicted octanol–water partition coefficient (Wildman–Crippen LogP) is 3.68. The standard InChI is InChI=1S/C15H26O3/c1-8-15(9-10(2)3)14(5,6)12(11(4)18-15)13(16)17-7/h10H,8-9H2,1-7H3. The third-order valence-corrected chi connectivity index (χ3v) is 4.16. The summed E-state index contributed by atoms with van der Waals surface area (Å²) >= 11 is 0. The van der Waals surface area contributed by atoms with Crippen LogP contribution in [0.15, 0.2) is 11.3 Å². The van der Waals surface area contributed by atoms with Crippen molar-refractivity contribution in [3.8, 4) is 0 Å². The van der Waals surface area contributed by atoms with Gasteiger partial charge < -0.3 is 9.47 Å². The number of esters is 1. The van der Waals surface area contributed by atoms with Gasteiger partial charge in [0.25, 0.3) is 0 Å². The molecule has 0 bridgehead atoms. The van der Waals surface area contributed by atoms with Crippen molar-refractivity contribution >= 4 is 5.97 Å². The molecule has 3 nitrogen and oxygen atoms in total. The fourth-order valence-corrected chi connectivity index (χ4v) is 3.26. The number of carbonyl (C=O) groups is 1. The molecule has 0 N–H and O–H groups in total. The lowest BCUT2D eigenvalue weighted by Crippen LogP contribution is -2.45. The summed E-state index contributed by atoms with van der Waals surface area (Å²) in [4.78, 5) is 12.0. The van der Waals surface area contributed by atoms with Crippen LogP contribution in [0.4, 0.5) is 0 Å². The minimum Gasteiger partial charge on any atom is -0.490 e. The summed E-state index contributed by atoms with van der Waals surface area (Å²) in [5.41, 5.74) is 0.0744. The molecule has 3 heteroatoms. The highest BCUT2D eigenvalue weighted by Gasteiger charge is 2.56. The Morgan fingerprint density at radius 2 is 1.94 bits per heavy atom. The first-order valence-electron chi connectivity index (χ1n) is 6.70. The summed E-state index contributed by atoms with van der Waals surface area (Å²) in [5, 5.41) is 0. The van der Waals surface area contributed by atoms with Gasteiger partial charge in [-0.05, 0) is 25.7 Å². The van der Waals surface area contributed by atoms with Crippen molar-refractivity contribution < 1.29 is 14.3 Å². The lowest BCUT2D eigenvalue weighted by atomic mass is 9.66. The Kier molecular flexibility index (Phi) is 4.14. The van der Waals surface area contributed by atoms with E-state index in [0.717, 1.165) is 12.8 Å². The van der Waals surface area contributed by atoms with Crippen LogP contribution in [0.3, 0.4) is 0 Å². The topological polar surface area (TPSA) is 35.5 Å². The van der Waals surface area contributed by atoms with Crippen LogP contribution in [0.2, 0.25) is 0 Å². The van der Waals surface area contributed by atoms with Gasteiger partial charge in [0, 0.05) is 5.41 Å². The number of methoxy groups -OCH3 is 1. The zero-order chi connectivity index (χ0) is 14.1. The van der Waals surface area contributed by atoms with Crippen LogP contribution in [0.1, 0.15) is 54.4 Å². The normalized spacial score (nSPS) is 26.4. The Labute approximate surface area is 111 Å². The van der Waals surface area contributed by atoms with Crippen LogP contribution in [0.25, 0.3) is 0 Å². The van der Waals surface area contributed by atoms with Crippen molar-refractivity contribution in [3.05, 3.63) is 11.3 Å². The van der Waals surface area contributed by atoms with Crippen LogP contribution in [0.5, 0.6) is 0 Å². The molecule has 0 saturated heterocycles.